The van der Waals surface area contributed by atoms with E-state index in [-0.39, 0.29) is 23.7 Å². The molecule has 0 atom stereocenters. The van der Waals surface area contributed by atoms with Crippen molar-refractivity contribution in [3.05, 3.63) is 0 Å². The van der Waals surface area contributed by atoms with Crippen molar-refractivity contribution in [2.75, 3.05) is 18.8 Å². The molecule has 1 N–H and O–H groups in total. The summed E-state index contributed by atoms with van der Waals surface area (Å²) in [5, 5.41) is 9.54. The van der Waals surface area contributed by atoms with E-state index in [2.05, 4.69) is 20.8 Å². The van der Waals surface area contributed by atoms with Gasteiger partial charge in [-0.15, -0.1) is 0 Å². The van der Waals surface area contributed by atoms with Gasteiger partial charge in [0.25, 0.3) is 0 Å². The number of hydrogen-bond acceptors (Lipinski definition) is 3. The number of likely N-dealkylation sites (tertiary alicyclic amines) is 1. The second-order valence-electron chi connectivity index (χ2n) is 6.47. The van der Waals surface area contributed by atoms with Crippen LogP contribution in [0.2, 0.25) is 0 Å². The van der Waals surface area contributed by atoms with Crippen LogP contribution in [0.15, 0.2) is 0 Å². The summed E-state index contributed by atoms with van der Waals surface area (Å²) in [5.41, 5.74) is -2.63. The van der Waals surface area contributed by atoms with Crippen molar-refractivity contribution in [2.45, 2.75) is 63.0 Å². The normalized spacial score (nSPS) is 19.7. The topological polar surface area (TPSA) is 40.5 Å². The highest BCUT2D eigenvalue weighted by Crippen LogP contribution is 2.38. The van der Waals surface area contributed by atoms with E-state index in [1.807, 2.05) is 0 Å². The molecule has 1 aliphatic heterocycles. The Hall–Kier alpha value is -0.430. The summed E-state index contributed by atoms with van der Waals surface area (Å²) < 4.78 is 38.1. The molecular weight excluding hydrogens is 303 g/mol. The van der Waals surface area contributed by atoms with Crippen LogP contribution >= 0.6 is 11.8 Å². The standard InChI is InChI=1S/C14H24F3NO2S/c1-12(2,3)21-10-4-5-11(19)18-8-6-13(20,7-9-18)14(15,16)17/h20H,4-10H2,1-3H3. The Balaban J connectivity index is 2.33. The van der Waals surface area contributed by atoms with Crippen molar-refractivity contribution >= 4 is 17.7 Å². The minimum absolute atomic E-state index is 0.0265. The van der Waals surface area contributed by atoms with Crippen molar-refractivity contribution in [1.82, 2.24) is 4.90 Å². The Bertz CT molecular complexity index is 358. The first-order chi connectivity index (χ1) is 9.45. The zero-order valence-corrected chi connectivity index (χ0v) is 13.6. The van der Waals surface area contributed by atoms with E-state index in [1.165, 1.54) is 4.90 Å². The maximum atomic E-state index is 12.7. The van der Waals surface area contributed by atoms with Crippen molar-refractivity contribution in [3.8, 4) is 0 Å². The molecule has 3 nitrogen and oxygen atoms in total. The number of hydrogen-bond donors (Lipinski definition) is 1. The number of carbonyl (C=O) groups excluding carboxylic acids is 1. The third kappa shape index (κ3) is 5.70. The number of thioether (sulfide) groups is 1. The maximum Gasteiger partial charge on any atom is 0.417 e. The van der Waals surface area contributed by atoms with Crippen LogP contribution in [0.25, 0.3) is 0 Å². The molecular formula is C14H24F3NO2S. The highest BCUT2D eigenvalue weighted by Gasteiger charge is 2.54. The van der Waals surface area contributed by atoms with Gasteiger partial charge in [0.2, 0.25) is 5.91 Å². The van der Waals surface area contributed by atoms with Crippen LogP contribution in [0.1, 0.15) is 46.5 Å². The number of carbonyl (C=O) groups is 1. The number of piperidine rings is 1. The molecule has 7 heteroatoms. The lowest BCUT2D eigenvalue weighted by molar-refractivity contribution is -0.272. The van der Waals surface area contributed by atoms with Crippen molar-refractivity contribution in [3.63, 3.8) is 0 Å². The van der Waals surface area contributed by atoms with E-state index in [0.717, 1.165) is 12.2 Å². The Kier molecular flexibility index (Phi) is 6.00. The molecule has 1 amide bonds. The summed E-state index contributed by atoms with van der Waals surface area (Å²) in [6.07, 6.45) is -4.40. The van der Waals surface area contributed by atoms with E-state index in [9.17, 15) is 23.1 Å². The van der Waals surface area contributed by atoms with E-state index in [1.54, 1.807) is 11.8 Å². The Labute approximate surface area is 128 Å². The number of rotatable bonds is 4. The van der Waals surface area contributed by atoms with Gasteiger partial charge >= 0.3 is 6.18 Å². The molecule has 0 aromatic heterocycles. The molecule has 0 aliphatic carbocycles. The molecule has 0 aromatic rings. The molecule has 0 saturated carbocycles. The highest BCUT2D eigenvalue weighted by molar-refractivity contribution is 8.00. The van der Waals surface area contributed by atoms with Crippen molar-refractivity contribution in [1.29, 1.82) is 0 Å². The fraction of sp³-hybridized carbons (Fsp3) is 0.929. The van der Waals surface area contributed by atoms with Gasteiger partial charge < -0.3 is 10.0 Å². The lowest BCUT2D eigenvalue weighted by atomic mass is 9.90. The minimum Gasteiger partial charge on any atom is -0.380 e. The van der Waals surface area contributed by atoms with E-state index >= 15 is 0 Å². The Morgan fingerprint density at radius 3 is 2.19 bits per heavy atom. The van der Waals surface area contributed by atoms with Gasteiger partial charge in [-0.3, -0.25) is 4.79 Å². The molecule has 0 unspecified atom stereocenters. The monoisotopic (exact) mass is 327 g/mol. The van der Waals surface area contributed by atoms with E-state index < -0.39 is 24.6 Å². The first-order valence-electron chi connectivity index (χ1n) is 7.15. The minimum atomic E-state index is -4.62. The van der Waals surface area contributed by atoms with Crippen LogP contribution in [-0.4, -0.2) is 51.3 Å². The van der Waals surface area contributed by atoms with Crippen LogP contribution < -0.4 is 0 Å². The van der Waals surface area contributed by atoms with Gasteiger partial charge in [0.05, 0.1) is 0 Å². The fourth-order valence-electron chi connectivity index (χ4n) is 2.17. The Morgan fingerprint density at radius 2 is 1.76 bits per heavy atom. The molecule has 1 saturated heterocycles. The molecule has 0 spiro atoms. The largest absolute Gasteiger partial charge is 0.417 e. The average Bonchev–Trinajstić information content (AvgIpc) is 2.33. The van der Waals surface area contributed by atoms with Gasteiger partial charge in [-0.25, -0.2) is 0 Å². The van der Waals surface area contributed by atoms with Crippen molar-refractivity contribution < 1.29 is 23.1 Å². The van der Waals surface area contributed by atoms with Gasteiger partial charge in [0, 0.05) is 37.1 Å². The number of alkyl halides is 3. The molecule has 1 rings (SSSR count). The molecule has 1 aliphatic rings. The third-order valence-corrected chi connectivity index (χ3v) is 4.90. The maximum absolute atomic E-state index is 12.7. The number of aliphatic hydroxyl groups is 1. The lowest BCUT2D eigenvalue weighted by Gasteiger charge is -2.39. The number of amides is 1. The van der Waals surface area contributed by atoms with Gasteiger partial charge in [0.1, 0.15) is 0 Å². The van der Waals surface area contributed by atoms with Crippen LogP contribution in [-0.2, 0) is 4.79 Å². The molecule has 0 bridgehead atoms. The zero-order chi connectivity index (χ0) is 16.3. The van der Waals surface area contributed by atoms with E-state index in [4.69, 9.17) is 0 Å². The summed E-state index contributed by atoms with van der Waals surface area (Å²) in [6, 6.07) is 0. The Morgan fingerprint density at radius 1 is 1.24 bits per heavy atom. The molecule has 21 heavy (non-hydrogen) atoms. The summed E-state index contributed by atoms with van der Waals surface area (Å²) in [5.74, 6) is 0.740. The number of nitrogens with zero attached hydrogens (tertiary/aromatic N) is 1. The lowest BCUT2D eigenvalue weighted by Crippen LogP contribution is -2.54. The fourth-order valence-corrected chi connectivity index (χ4v) is 3.07. The van der Waals surface area contributed by atoms with Gasteiger partial charge in [-0.05, 0) is 12.2 Å². The molecule has 0 radical (unpaired) electrons. The smallest absolute Gasteiger partial charge is 0.380 e. The highest BCUT2D eigenvalue weighted by atomic mass is 32.2. The molecule has 0 aromatic carbocycles. The molecule has 124 valence electrons. The van der Waals surface area contributed by atoms with Crippen LogP contribution in [0.4, 0.5) is 13.2 Å². The van der Waals surface area contributed by atoms with E-state index in [0.29, 0.717) is 6.42 Å². The zero-order valence-electron chi connectivity index (χ0n) is 12.8. The molecule has 1 fully saturated rings. The SMILES string of the molecule is CC(C)(C)SCCCC(=O)N1CCC(O)(C(F)(F)F)CC1. The quantitative estimate of drug-likeness (QED) is 0.806. The average molecular weight is 327 g/mol. The van der Waals surface area contributed by atoms with Crippen LogP contribution in [0.3, 0.4) is 0 Å². The summed E-state index contributed by atoms with van der Waals surface area (Å²) in [6.45, 7) is 6.24. The third-order valence-electron chi connectivity index (χ3n) is 3.54. The van der Waals surface area contributed by atoms with Gasteiger partial charge in [-0.2, -0.15) is 24.9 Å². The second kappa shape index (κ2) is 6.77. The molecule has 1 heterocycles. The first-order valence-corrected chi connectivity index (χ1v) is 8.14. The van der Waals surface area contributed by atoms with Gasteiger partial charge in [-0.1, -0.05) is 20.8 Å². The van der Waals surface area contributed by atoms with Crippen LogP contribution in [0, 0.1) is 0 Å². The summed E-state index contributed by atoms with van der Waals surface area (Å²) in [4.78, 5) is 13.4. The summed E-state index contributed by atoms with van der Waals surface area (Å²) in [7, 11) is 0. The van der Waals surface area contributed by atoms with Crippen molar-refractivity contribution in [2.24, 2.45) is 0 Å². The summed E-state index contributed by atoms with van der Waals surface area (Å²) >= 11 is 1.77. The second-order valence-corrected chi connectivity index (χ2v) is 8.40. The first kappa shape index (κ1) is 18.6. The van der Waals surface area contributed by atoms with Crippen LogP contribution in [0.5, 0.6) is 0 Å². The number of halogens is 3. The predicted molar refractivity (Wildman–Crippen MR) is 78.3 cm³/mol. The predicted octanol–water partition coefficient (Wildman–Crippen LogP) is 3.21. The van der Waals surface area contributed by atoms with Gasteiger partial charge in [0.15, 0.2) is 5.60 Å².